The average Bonchev–Trinajstić information content (AvgIpc) is 2.70. The predicted molar refractivity (Wildman–Crippen MR) is 105 cm³/mol. The summed E-state index contributed by atoms with van der Waals surface area (Å²) in [6.07, 6.45) is 2.02. The van der Waals surface area contributed by atoms with E-state index in [4.69, 9.17) is 4.74 Å². The Labute approximate surface area is 157 Å². The Morgan fingerprint density at radius 1 is 1.22 bits per heavy atom. The van der Waals surface area contributed by atoms with Crippen LogP contribution in [-0.2, 0) is 11.3 Å². The highest BCUT2D eigenvalue weighted by molar-refractivity contribution is 5.93. The van der Waals surface area contributed by atoms with Crippen LogP contribution in [0, 0.1) is 0 Å². The predicted octanol–water partition coefficient (Wildman–Crippen LogP) is 3.34. The molecule has 0 unspecified atom stereocenters. The van der Waals surface area contributed by atoms with Crippen molar-refractivity contribution in [1.82, 2.24) is 15.3 Å². The molecule has 0 spiro atoms. The number of carbonyl (C=O) groups is 1. The SMILES string of the molecule is CCC[C@@H](NCc1nc2cc(C(=O)OC)ccc2c(=O)[nH]1)c1ccccc1. The van der Waals surface area contributed by atoms with E-state index >= 15 is 0 Å². The van der Waals surface area contributed by atoms with Crippen LogP contribution in [0.3, 0.4) is 0 Å². The zero-order valence-electron chi connectivity index (χ0n) is 15.5. The number of ether oxygens (including phenoxy) is 1. The highest BCUT2D eigenvalue weighted by atomic mass is 16.5. The van der Waals surface area contributed by atoms with Gasteiger partial charge in [0.05, 0.1) is 30.1 Å². The molecule has 1 aromatic heterocycles. The maximum Gasteiger partial charge on any atom is 0.337 e. The molecule has 0 aliphatic carbocycles. The summed E-state index contributed by atoms with van der Waals surface area (Å²) in [6, 6.07) is 15.1. The highest BCUT2D eigenvalue weighted by Gasteiger charge is 2.12. The van der Waals surface area contributed by atoms with E-state index in [2.05, 4.69) is 34.3 Å². The van der Waals surface area contributed by atoms with Crippen LogP contribution in [0.2, 0.25) is 0 Å². The molecule has 6 heteroatoms. The van der Waals surface area contributed by atoms with Gasteiger partial charge >= 0.3 is 5.97 Å². The molecule has 6 nitrogen and oxygen atoms in total. The minimum absolute atomic E-state index is 0.179. The molecule has 0 fully saturated rings. The fourth-order valence-corrected chi connectivity index (χ4v) is 3.10. The van der Waals surface area contributed by atoms with Crippen molar-refractivity contribution >= 4 is 16.9 Å². The first kappa shape index (κ1) is 18.8. The van der Waals surface area contributed by atoms with E-state index in [1.165, 1.54) is 12.7 Å². The summed E-state index contributed by atoms with van der Waals surface area (Å²) in [4.78, 5) is 31.4. The Morgan fingerprint density at radius 2 is 2.00 bits per heavy atom. The van der Waals surface area contributed by atoms with Crippen LogP contribution in [0.15, 0.2) is 53.3 Å². The van der Waals surface area contributed by atoms with Gasteiger partial charge in [-0.25, -0.2) is 9.78 Å². The first-order chi connectivity index (χ1) is 13.1. The van der Waals surface area contributed by atoms with Crippen LogP contribution in [-0.4, -0.2) is 23.0 Å². The Morgan fingerprint density at radius 3 is 2.70 bits per heavy atom. The quantitative estimate of drug-likeness (QED) is 0.628. The molecule has 0 bridgehead atoms. The Balaban J connectivity index is 1.85. The van der Waals surface area contributed by atoms with Gasteiger partial charge in [0.25, 0.3) is 5.56 Å². The second-order valence-electron chi connectivity index (χ2n) is 6.37. The fraction of sp³-hybridized carbons (Fsp3) is 0.286. The van der Waals surface area contributed by atoms with Gasteiger partial charge in [-0.2, -0.15) is 0 Å². The summed E-state index contributed by atoms with van der Waals surface area (Å²) in [6.45, 7) is 2.56. The van der Waals surface area contributed by atoms with Gasteiger partial charge in [-0.05, 0) is 30.2 Å². The molecule has 3 aromatic rings. The summed E-state index contributed by atoms with van der Waals surface area (Å²) < 4.78 is 4.74. The molecule has 0 saturated carbocycles. The van der Waals surface area contributed by atoms with Crippen LogP contribution in [0.1, 0.15) is 47.6 Å². The first-order valence-electron chi connectivity index (χ1n) is 9.02. The molecule has 1 atom stereocenters. The number of methoxy groups -OCH3 is 1. The van der Waals surface area contributed by atoms with Crippen LogP contribution in [0.25, 0.3) is 10.9 Å². The number of benzene rings is 2. The number of hydrogen-bond donors (Lipinski definition) is 2. The van der Waals surface area contributed by atoms with Crippen molar-refractivity contribution in [3.05, 3.63) is 75.8 Å². The topological polar surface area (TPSA) is 84.1 Å². The van der Waals surface area contributed by atoms with E-state index in [0.717, 1.165) is 12.8 Å². The van der Waals surface area contributed by atoms with E-state index in [1.807, 2.05) is 18.2 Å². The second kappa shape index (κ2) is 8.60. The van der Waals surface area contributed by atoms with Gasteiger partial charge < -0.3 is 15.0 Å². The van der Waals surface area contributed by atoms with E-state index in [-0.39, 0.29) is 11.6 Å². The fourth-order valence-electron chi connectivity index (χ4n) is 3.10. The van der Waals surface area contributed by atoms with Crippen molar-refractivity contribution in [2.24, 2.45) is 0 Å². The molecule has 2 aromatic carbocycles. The van der Waals surface area contributed by atoms with Crippen LogP contribution in [0.5, 0.6) is 0 Å². The van der Waals surface area contributed by atoms with E-state index in [0.29, 0.717) is 28.8 Å². The first-order valence-corrected chi connectivity index (χ1v) is 9.02. The zero-order valence-corrected chi connectivity index (χ0v) is 15.5. The molecule has 1 heterocycles. The Bertz CT molecular complexity index is 983. The number of rotatable bonds is 7. The molecule has 3 rings (SSSR count). The number of aromatic nitrogens is 2. The van der Waals surface area contributed by atoms with Crippen molar-refractivity contribution < 1.29 is 9.53 Å². The molecule has 0 radical (unpaired) electrons. The van der Waals surface area contributed by atoms with Gasteiger partial charge in [-0.1, -0.05) is 43.7 Å². The number of carbonyl (C=O) groups excluding carboxylic acids is 1. The second-order valence-corrected chi connectivity index (χ2v) is 6.37. The summed E-state index contributed by atoms with van der Waals surface area (Å²) in [5.41, 5.74) is 1.83. The maximum absolute atomic E-state index is 12.4. The zero-order chi connectivity index (χ0) is 19.2. The minimum Gasteiger partial charge on any atom is -0.465 e. The molecule has 0 aliphatic heterocycles. The molecule has 0 amide bonds. The summed E-state index contributed by atoms with van der Waals surface area (Å²) >= 11 is 0. The largest absolute Gasteiger partial charge is 0.465 e. The lowest BCUT2D eigenvalue weighted by atomic mass is 10.0. The minimum atomic E-state index is -0.453. The van der Waals surface area contributed by atoms with Gasteiger partial charge in [0.2, 0.25) is 0 Å². The van der Waals surface area contributed by atoms with Gasteiger partial charge in [-0.15, -0.1) is 0 Å². The summed E-state index contributed by atoms with van der Waals surface area (Å²) in [5.74, 6) is 0.0808. The Kier molecular flexibility index (Phi) is 5.98. The summed E-state index contributed by atoms with van der Waals surface area (Å²) in [7, 11) is 1.32. The normalized spacial score (nSPS) is 12.1. The van der Waals surface area contributed by atoms with Gasteiger partial charge in [0, 0.05) is 6.04 Å². The van der Waals surface area contributed by atoms with Crippen molar-refractivity contribution in [1.29, 1.82) is 0 Å². The van der Waals surface area contributed by atoms with Crippen LogP contribution < -0.4 is 10.9 Å². The smallest absolute Gasteiger partial charge is 0.337 e. The lowest BCUT2D eigenvalue weighted by Crippen LogP contribution is -2.24. The van der Waals surface area contributed by atoms with Crippen molar-refractivity contribution in [3.63, 3.8) is 0 Å². The molecule has 2 N–H and O–H groups in total. The standard InChI is InChI=1S/C21H23N3O3/c1-3-7-17(14-8-5-4-6-9-14)22-13-19-23-18-12-15(21(26)27-2)10-11-16(18)20(25)24-19/h4-6,8-12,17,22H,3,7,13H2,1-2H3,(H,23,24,25)/t17-/m1/s1. The number of H-pyrrole nitrogens is 1. The number of fused-ring (bicyclic) bond motifs is 1. The van der Waals surface area contributed by atoms with Crippen LogP contribution in [0.4, 0.5) is 0 Å². The number of hydrogen-bond acceptors (Lipinski definition) is 5. The molecular formula is C21H23N3O3. The summed E-state index contributed by atoms with van der Waals surface area (Å²) in [5, 5.41) is 3.91. The molecule has 140 valence electrons. The number of nitrogens with zero attached hydrogens (tertiary/aromatic N) is 1. The van der Waals surface area contributed by atoms with Gasteiger partial charge in [0.1, 0.15) is 5.82 Å². The molecular weight excluding hydrogens is 342 g/mol. The lowest BCUT2D eigenvalue weighted by molar-refractivity contribution is 0.0601. The van der Waals surface area contributed by atoms with Crippen molar-refractivity contribution in [2.45, 2.75) is 32.4 Å². The third kappa shape index (κ3) is 4.41. The molecule has 0 saturated heterocycles. The average molecular weight is 365 g/mol. The van der Waals surface area contributed by atoms with E-state index in [9.17, 15) is 9.59 Å². The van der Waals surface area contributed by atoms with E-state index in [1.54, 1.807) is 18.2 Å². The highest BCUT2D eigenvalue weighted by Crippen LogP contribution is 2.18. The molecule has 27 heavy (non-hydrogen) atoms. The van der Waals surface area contributed by atoms with Gasteiger partial charge in [-0.3, -0.25) is 4.79 Å². The third-order valence-electron chi connectivity index (χ3n) is 4.47. The maximum atomic E-state index is 12.4. The van der Waals surface area contributed by atoms with E-state index < -0.39 is 5.97 Å². The third-order valence-corrected chi connectivity index (χ3v) is 4.47. The van der Waals surface area contributed by atoms with Crippen LogP contribution >= 0.6 is 0 Å². The lowest BCUT2D eigenvalue weighted by Gasteiger charge is -2.18. The Hall–Kier alpha value is -2.99. The number of esters is 1. The van der Waals surface area contributed by atoms with Gasteiger partial charge in [0.15, 0.2) is 0 Å². The number of nitrogens with one attached hydrogen (secondary N) is 2. The number of aromatic amines is 1. The van der Waals surface area contributed by atoms with Crippen molar-refractivity contribution in [3.8, 4) is 0 Å². The monoisotopic (exact) mass is 365 g/mol. The van der Waals surface area contributed by atoms with Crippen molar-refractivity contribution in [2.75, 3.05) is 7.11 Å². The molecule has 0 aliphatic rings.